The molecule has 1 atom stereocenters. The Kier molecular flexibility index (Phi) is 7.13. The van der Waals surface area contributed by atoms with Crippen LogP contribution in [0.25, 0.3) is 10.9 Å². The van der Waals surface area contributed by atoms with Crippen molar-refractivity contribution in [1.82, 2.24) is 15.3 Å². The zero-order chi connectivity index (χ0) is 22.5. The molecule has 7 heteroatoms. The van der Waals surface area contributed by atoms with Crippen LogP contribution in [0.2, 0.25) is 5.02 Å². The third-order valence-corrected chi connectivity index (χ3v) is 5.30. The Balaban J connectivity index is 1.72. The van der Waals surface area contributed by atoms with Crippen LogP contribution in [0, 0.1) is 5.92 Å². The van der Waals surface area contributed by atoms with Crippen LogP contribution in [0.15, 0.2) is 59.8 Å². The van der Waals surface area contributed by atoms with Crippen molar-refractivity contribution < 1.29 is 9.59 Å². The number of carbonyl (C=O) groups excluding carboxylic acids is 2. The lowest BCUT2D eigenvalue weighted by atomic mass is 10.0. The van der Waals surface area contributed by atoms with E-state index in [0.29, 0.717) is 16.6 Å². The van der Waals surface area contributed by atoms with Crippen LogP contribution in [0.5, 0.6) is 0 Å². The van der Waals surface area contributed by atoms with Crippen LogP contribution < -0.4 is 10.7 Å². The van der Waals surface area contributed by atoms with Crippen molar-refractivity contribution in [2.24, 2.45) is 11.0 Å². The molecule has 0 aliphatic rings. The minimum absolute atomic E-state index is 0.116. The Hall–Kier alpha value is -3.12. The first-order valence-electron chi connectivity index (χ1n) is 10.3. The smallest absolute Gasteiger partial charge is 0.262 e. The lowest BCUT2D eigenvalue weighted by Crippen LogP contribution is -2.48. The highest BCUT2D eigenvalue weighted by Crippen LogP contribution is 2.23. The number of amides is 2. The van der Waals surface area contributed by atoms with Gasteiger partial charge < -0.3 is 9.88 Å². The van der Waals surface area contributed by atoms with Crippen molar-refractivity contribution in [3.63, 3.8) is 0 Å². The minimum atomic E-state index is -0.725. The first-order valence-corrected chi connectivity index (χ1v) is 10.6. The summed E-state index contributed by atoms with van der Waals surface area (Å²) in [4.78, 5) is 25.2. The van der Waals surface area contributed by atoms with Crippen LogP contribution >= 0.6 is 11.6 Å². The summed E-state index contributed by atoms with van der Waals surface area (Å²) >= 11 is 5.87. The lowest BCUT2D eigenvalue weighted by Gasteiger charge is -2.20. The highest BCUT2D eigenvalue weighted by atomic mass is 35.5. The summed E-state index contributed by atoms with van der Waals surface area (Å²) in [7, 11) is 0. The first-order chi connectivity index (χ1) is 14.8. The maximum absolute atomic E-state index is 12.7. The molecular weight excluding hydrogens is 412 g/mol. The van der Waals surface area contributed by atoms with Crippen LogP contribution in [0.3, 0.4) is 0 Å². The number of hydrogen-bond donors (Lipinski definition) is 2. The number of carbonyl (C=O) groups is 2. The van der Waals surface area contributed by atoms with E-state index >= 15 is 0 Å². The number of hydrogen-bond acceptors (Lipinski definition) is 3. The summed E-state index contributed by atoms with van der Waals surface area (Å²) < 4.78 is 2.17. The number of hydrazone groups is 1. The highest BCUT2D eigenvalue weighted by molar-refractivity contribution is 6.30. The molecule has 3 aromatic rings. The van der Waals surface area contributed by atoms with Gasteiger partial charge in [0.15, 0.2) is 0 Å². The van der Waals surface area contributed by atoms with Gasteiger partial charge in [-0.25, -0.2) is 5.43 Å². The SMILES string of the molecule is CC(C)C(NC(=O)c1ccc(Cl)cc1)C(=O)N/N=C\c1cn(C(C)C)c2ccccc12. The molecular formula is C24H27ClN4O2. The van der Waals surface area contributed by atoms with E-state index in [-0.39, 0.29) is 17.7 Å². The van der Waals surface area contributed by atoms with Gasteiger partial charge in [0.05, 0.1) is 6.21 Å². The average Bonchev–Trinajstić information content (AvgIpc) is 3.11. The predicted octanol–water partition coefficient (Wildman–Crippen LogP) is 4.78. The van der Waals surface area contributed by atoms with Crippen molar-refractivity contribution in [2.45, 2.75) is 39.8 Å². The van der Waals surface area contributed by atoms with E-state index in [1.165, 1.54) is 0 Å². The van der Waals surface area contributed by atoms with Gasteiger partial charge in [-0.15, -0.1) is 0 Å². The molecule has 3 rings (SSSR count). The summed E-state index contributed by atoms with van der Waals surface area (Å²) in [5, 5.41) is 8.53. The molecule has 0 saturated heterocycles. The van der Waals surface area contributed by atoms with Crippen LogP contribution in [0.4, 0.5) is 0 Å². The monoisotopic (exact) mass is 438 g/mol. The molecule has 6 nitrogen and oxygen atoms in total. The van der Waals surface area contributed by atoms with Crippen LogP contribution in [0.1, 0.15) is 49.7 Å². The molecule has 2 amide bonds. The second-order valence-corrected chi connectivity index (χ2v) is 8.48. The van der Waals surface area contributed by atoms with Gasteiger partial charge in [-0.3, -0.25) is 9.59 Å². The first kappa shape index (κ1) is 22.6. The Bertz CT molecular complexity index is 1100. The summed E-state index contributed by atoms with van der Waals surface area (Å²) in [5.74, 6) is -0.829. The number of nitrogens with one attached hydrogen (secondary N) is 2. The molecule has 2 aromatic carbocycles. The number of nitrogens with zero attached hydrogens (tertiary/aromatic N) is 2. The molecule has 162 valence electrons. The van der Waals surface area contributed by atoms with Gasteiger partial charge in [0.2, 0.25) is 0 Å². The maximum atomic E-state index is 12.7. The van der Waals surface area contributed by atoms with Crippen LogP contribution in [-0.4, -0.2) is 28.6 Å². The fourth-order valence-corrected chi connectivity index (χ4v) is 3.48. The second kappa shape index (κ2) is 9.79. The number of rotatable bonds is 7. The molecule has 0 fully saturated rings. The Morgan fingerprint density at radius 3 is 2.35 bits per heavy atom. The van der Waals surface area contributed by atoms with Crippen molar-refractivity contribution in [2.75, 3.05) is 0 Å². The van der Waals surface area contributed by atoms with E-state index in [2.05, 4.69) is 40.3 Å². The number of aromatic nitrogens is 1. The number of para-hydroxylation sites is 1. The average molecular weight is 439 g/mol. The van der Waals surface area contributed by atoms with Gasteiger partial charge >= 0.3 is 0 Å². The minimum Gasteiger partial charge on any atom is -0.344 e. The number of fused-ring (bicyclic) bond motifs is 1. The summed E-state index contributed by atoms with van der Waals surface area (Å²) in [6.45, 7) is 7.97. The Labute approximate surface area is 187 Å². The molecule has 0 aliphatic carbocycles. The van der Waals surface area contributed by atoms with Gasteiger partial charge in [0.1, 0.15) is 6.04 Å². The predicted molar refractivity (Wildman–Crippen MR) is 126 cm³/mol. The normalized spacial score (nSPS) is 12.6. The van der Waals surface area contributed by atoms with E-state index < -0.39 is 6.04 Å². The summed E-state index contributed by atoms with van der Waals surface area (Å²) in [6, 6.07) is 14.2. The largest absolute Gasteiger partial charge is 0.344 e. The van der Waals surface area contributed by atoms with Gasteiger partial charge in [-0.05, 0) is 50.1 Å². The molecule has 1 unspecified atom stereocenters. The summed E-state index contributed by atoms with van der Waals surface area (Å²) in [5.41, 5.74) is 5.03. The molecule has 0 spiro atoms. The standard InChI is InChI=1S/C24H27ClN4O2/c1-15(2)22(27-23(30)17-9-11-19(25)12-10-17)24(31)28-26-13-18-14-29(16(3)4)21-8-6-5-7-20(18)21/h5-16,22H,1-4H3,(H,27,30)(H,28,31)/b26-13-. The molecule has 2 N–H and O–H groups in total. The van der Waals surface area contributed by atoms with Gasteiger partial charge in [-0.2, -0.15) is 5.10 Å². The number of benzene rings is 2. The topological polar surface area (TPSA) is 75.5 Å². The van der Waals surface area contributed by atoms with Gasteiger partial charge in [0.25, 0.3) is 11.8 Å². The molecule has 0 radical (unpaired) electrons. The fraction of sp³-hybridized carbons (Fsp3) is 0.292. The summed E-state index contributed by atoms with van der Waals surface area (Å²) in [6.07, 6.45) is 3.66. The van der Waals surface area contributed by atoms with Crippen molar-refractivity contribution in [3.8, 4) is 0 Å². The van der Waals surface area contributed by atoms with E-state index in [0.717, 1.165) is 16.5 Å². The fourth-order valence-electron chi connectivity index (χ4n) is 3.36. The molecule has 1 aromatic heterocycles. The molecule has 1 heterocycles. The van der Waals surface area contributed by atoms with E-state index in [9.17, 15) is 9.59 Å². The molecule has 0 saturated carbocycles. The van der Waals surface area contributed by atoms with E-state index in [1.54, 1.807) is 30.5 Å². The lowest BCUT2D eigenvalue weighted by molar-refractivity contribution is -0.123. The van der Waals surface area contributed by atoms with Gasteiger partial charge in [-0.1, -0.05) is 43.6 Å². The van der Waals surface area contributed by atoms with Crippen molar-refractivity contribution in [1.29, 1.82) is 0 Å². The zero-order valence-corrected chi connectivity index (χ0v) is 18.9. The highest BCUT2D eigenvalue weighted by Gasteiger charge is 2.24. The Morgan fingerprint density at radius 1 is 1.03 bits per heavy atom. The Morgan fingerprint density at radius 2 is 1.71 bits per heavy atom. The quantitative estimate of drug-likeness (QED) is 0.411. The molecule has 31 heavy (non-hydrogen) atoms. The van der Waals surface area contributed by atoms with Crippen molar-refractivity contribution in [3.05, 3.63) is 70.9 Å². The van der Waals surface area contributed by atoms with E-state index in [4.69, 9.17) is 11.6 Å². The van der Waals surface area contributed by atoms with Crippen molar-refractivity contribution >= 4 is 40.5 Å². The van der Waals surface area contributed by atoms with Gasteiger partial charge in [0, 0.05) is 39.3 Å². The third-order valence-electron chi connectivity index (χ3n) is 5.05. The zero-order valence-electron chi connectivity index (χ0n) is 18.1. The maximum Gasteiger partial charge on any atom is 0.262 e. The van der Waals surface area contributed by atoms with E-state index in [1.807, 2.05) is 38.2 Å². The molecule has 0 aliphatic heterocycles. The number of halogens is 1. The van der Waals surface area contributed by atoms with Crippen LogP contribution in [-0.2, 0) is 4.79 Å². The third kappa shape index (κ3) is 5.33. The molecule has 0 bridgehead atoms. The second-order valence-electron chi connectivity index (χ2n) is 8.04.